The number of anilines is 1. The fourth-order valence-electron chi connectivity index (χ4n) is 2.23. The summed E-state index contributed by atoms with van der Waals surface area (Å²) >= 11 is 0. The predicted molar refractivity (Wildman–Crippen MR) is 93.4 cm³/mol. The van der Waals surface area contributed by atoms with Gasteiger partial charge in [0.1, 0.15) is 0 Å². The summed E-state index contributed by atoms with van der Waals surface area (Å²) in [4.78, 5) is 11.9. The highest BCUT2D eigenvalue weighted by molar-refractivity contribution is 7.93. The molecule has 1 aromatic heterocycles. The maximum Gasteiger partial charge on any atom is 0.442 e. The predicted octanol–water partition coefficient (Wildman–Crippen LogP) is 2.74. The van der Waals surface area contributed by atoms with Gasteiger partial charge in [0.2, 0.25) is 0 Å². The number of nitrogens with two attached hydrogens (primary N) is 1. The van der Waals surface area contributed by atoms with Gasteiger partial charge in [-0.05, 0) is 38.5 Å². The van der Waals surface area contributed by atoms with E-state index in [1.165, 1.54) is 6.26 Å². The molecule has 7 nitrogen and oxygen atoms in total. The first kappa shape index (κ1) is 18.0. The maximum absolute atomic E-state index is 12.5. The summed E-state index contributed by atoms with van der Waals surface area (Å²) in [6, 6.07) is 7.09. The summed E-state index contributed by atoms with van der Waals surface area (Å²) in [6.07, 6.45) is 0.605. The van der Waals surface area contributed by atoms with E-state index in [2.05, 4.69) is 9.46 Å². The number of aryl methyl sites for hydroxylation is 1. The Labute approximate surface area is 142 Å². The molecule has 0 bridgehead atoms. The molecule has 1 amide bonds. The third-order valence-corrected chi connectivity index (χ3v) is 5.29. The first-order valence-corrected chi connectivity index (χ1v) is 9.44. The van der Waals surface area contributed by atoms with E-state index in [9.17, 15) is 9.00 Å². The monoisotopic (exact) mass is 350 g/mol. The van der Waals surface area contributed by atoms with Crippen molar-refractivity contribution in [1.29, 1.82) is 0 Å². The molecule has 24 heavy (non-hydrogen) atoms. The van der Waals surface area contributed by atoms with Gasteiger partial charge in [-0.25, -0.2) is 9.00 Å². The van der Waals surface area contributed by atoms with Crippen LogP contribution < -0.4 is 5.73 Å². The Hall–Kier alpha value is -2.35. The van der Waals surface area contributed by atoms with Gasteiger partial charge < -0.3 is 10.5 Å². The van der Waals surface area contributed by atoms with Crippen LogP contribution in [0.5, 0.6) is 0 Å². The van der Waals surface area contributed by atoms with Gasteiger partial charge in [-0.15, -0.1) is 4.36 Å². The molecule has 0 aliphatic carbocycles. The minimum atomic E-state index is -2.82. The number of nitrogens with zero attached hydrogens (tertiary/aromatic N) is 3. The quantitative estimate of drug-likeness (QED) is 0.914. The summed E-state index contributed by atoms with van der Waals surface area (Å²) in [7, 11) is -2.82. The summed E-state index contributed by atoms with van der Waals surface area (Å²) in [5.74, 6) is 0. The van der Waals surface area contributed by atoms with Crippen molar-refractivity contribution in [2.75, 3.05) is 18.6 Å². The molecule has 8 heteroatoms. The lowest BCUT2D eigenvalue weighted by Crippen LogP contribution is -2.06. The van der Waals surface area contributed by atoms with Crippen molar-refractivity contribution in [3.05, 3.63) is 41.2 Å². The van der Waals surface area contributed by atoms with Crippen molar-refractivity contribution in [3.63, 3.8) is 0 Å². The number of aromatic nitrogens is 2. The lowest BCUT2D eigenvalue weighted by Gasteiger charge is -2.08. The van der Waals surface area contributed by atoms with Gasteiger partial charge in [-0.1, -0.05) is 12.1 Å². The molecule has 2 aromatic rings. The molecule has 0 saturated heterocycles. The van der Waals surface area contributed by atoms with Crippen LogP contribution in [0, 0.1) is 13.8 Å². The van der Waals surface area contributed by atoms with Crippen molar-refractivity contribution in [2.24, 2.45) is 4.36 Å². The van der Waals surface area contributed by atoms with Crippen LogP contribution in [0.15, 0.2) is 33.5 Å². The van der Waals surface area contributed by atoms with Gasteiger partial charge in [0.25, 0.3) is 0 Å². The third kappa shape index (κ3) is 3.94. The van der Waals surface area contributed by atoms with Crippen LogP contribution in [-0.4, -0.2) is 32.9 Å². The molecular weight excluding hydrogens is 328 g/mol. The van der Waals surface area contributed by atoms with Crippen LogP contribution in [0.2, 0.25) is 0 Å². The molecule has 2 rings (SSSR count). The van der Waals surface area contributed by atoms with Crippen LogP contribution in [0.1, 0.15) is 23.9 Å². The van der Waals surface area contributed by atoms with Crippen molar-refractivity contribution >= 4 is 21.5 Å². The highest BCUT2D eigenvalue weighted by Crippen LogP contribution is 2.18. The van der Waals surface area contributed by atoms with Crippen molar-refractivity contribution in [1.82, 2.24) is 9.78 Å². The Morgan fingerprint density at radius 3 is 2.46 bits per heavy atom. The third-order valence-electron chi connectivity index (χ3n) is 3.65. The second kappa shape index (κ2) is 7.04. The van der Waals surface area contributed by atoms with E-state index in [4.69, 9.17) is 10.5 Å². The van der Waals surface area contributed by atoms with E-state index in [1.54, 1.807) is 19.1 Å². The van der Waals surface area contributed by atoms with Gasteiger partial charge in [-0.2, -0.15) is 5.10 Å². The number of carbonyl (C=O) groups is 1. The highest BCUT2D eigenvalue weighted by atomic mass is 32.2. The summed E-state index contributed by atoms with van der Waals surface area (Å²) in [5, 5.41) is 4.39. The lowest BCUT2D eigenvalue weighted by molar-refractivity contribution is 0.164. The molecule has 1 atom stereocenters. The minimum Gasteiger partial charge on any atom is -0.448 e. The van der Waals surface area contributed by atoms with Crippen LogP contribution in [0.25, 0.3) is 0 Å². The van der Waals surface area contributed by atoms with Crippen molar-refractivity contribution < 1.29 is 13.7 Å². The van der Waals surface area contributed by atoms with Crippen molar-refractivity contribution in [3.8, 4) is 0 Å². The molecule has 1 heterocycles. The molecule has 0 saturated carbocycles. The normalized spacial score (nSPS) is 13.3. The molecule has 0 radical (unpaired) electrons. The number of hydrogen-bond donors (Lipinski definition) is 1. The number of ether oxygens (including phenoxy) is 1. The first-order chi connectivity index (χ1) is 11.2. The maximum atomic E-state index is 12.5. The molecule has 0 aliphatic rings. The fourth-order valence-corrected chi connectivity index (χ4v) is 3.31. The van der Waals surface area contributed by atoms with E-state index in [1.807, 2.05) is 30.7 Å². The molecule has 1 unspecified atom stereocenters. The van der Waals surface area contributed by atoms with Gasteiger partial charge in [0.15, 0.2) is 0 Å². The van der Waals surface area contributed by atoms with Gasteiger partial charge in [-0.3, -0.25) is 4.68 Å². The SMILES string of the molecule is CCOC(=O)N=S(C)(=O)c1ccc(Cn2nc(C)c(N)c2C)cc1. The Morgan fingerprint density at radius 2 is 1.96 bits per heavy atom. The van der Waals surface area contributed by atoms with Gasteiger partial charge >= 0.3 is 6.09 Å². The summed E-state index contributed by atoms with van der Waals surface area (Å²) < 4.78 is 22.7. The van der Waals surface area contributed by atoms with E-state index < -0.39 is 15.8 Å². The smallest absolute Gasteiger partial charge is 0.442 e. The van der Waals surface area contributed by atoms with Gasteiger partial charge in [0, 0.05) is 11.2 Å². The zero-order chi connectivity index (χ0) is 17.9. The molecule has 1 aromatic carbocycles. The summed E-state index contributed by atoms with van der Waals surface area (Å²) in [5.41, 5.74) is 9.31. The fraction of sp³-hybridized carbons (Fsp3) is 0.375. The number of amides is 1. The number of nitrogen functional groups attached to an aromatic ring is 1. The average molecular weight is 350 g/mol. The number of rotatable bonds is 4. The molecule has 0 spiro atoms. The Bertz CT molecular complexity index is 862. The number of carbonyl (C=O) groups excluding carboxylic acids is 1. The first-order valence-electron chi connectivity index (χ1n) is 7.52. The number of hydrogen-bond acceptors (Lipinski definition) is 5. The van der Waals surface area contributed by atoms with E-state index >= 15 is 0 Å². The Kier molecular flexibility index (Phi) is 5.28. The second-order valence-electron chi connectivity index (χ2n) is 5.48. The molecule has 0 fully saturated rings. The molecular formula is C16H22N4O3S. The zero-order valence-electron chi connectivity index (χ0n) is 14.3. The van der Waals surface area contributed by atoms with Crippen molar-refractivity contribution in [2.45, 2.75) is 32.2 Å². The highest BCUT2D eigenvalue weighted by Gasteiger charge is 2.11. The topological polar surface area (TPSA) is 99.6 Å². The van der Waals surface area contributed by atoms with Crippen LogP contribution in [-0.2, 0) is 21.0 Å². The zero-order valence-corrected chi connectivity index (χ0v) is 15.1. The van der Waals surface area contributed by atoms with E-state index in [0.717, 1.165) is 17.0 Å². The van der Waals surface area contributed by atoms with Crippen LogP contribution in [0.3, 0.4) is 0 Å². The minimum absolute atomic E-state index is 0.197. The Balaban J connectivity index is 2.23. The second-order valence-corrected chi connectivity index (χ2v) is 7.74. The molecule has 0 aliphatic heterocycles. The molecule has 2 N–H and O–H groups in total. The molecule has 130 valence electrons. The lowest BCUT2D eigenvalue weighted by atomic mass is 10.2. The largest absolute Gasteiger partial charge is 0.448 e. The van der Waals surface area contributed by atoms with E-state index in [0.29, 0.717) is 17.1 Å². The van der Waals surface area contributed by atoms with Crippen LogP contribution in [0.4, 0.5) is 10.5 Å². The van der Waals surface area contributed by atoms with E-state index in [-0.39, 0.29) is 6.61 Å². The summed E-state index contributed by atoms with van der Waals surface area (Å²) in [6.45, 7) is 6.21. The van der Waals surface area contributed by atoms with Gasteiger partial charge in [0.05, 0.1) is 40.0 Å². The average Bonchev–Trinajstić information content (AvgIpc) is 2.75. The standard InChI is InChI=1S/C16H22N4O3S/c1-5-23-16(21)19-24(4,22)14-8-6-13(7-9-14)10-20-12(3)15(17)11(2)18-20/h6-9H,5,10,17H2,1-4H3. The van der Waals surface area contributed by atoms with Crippen LogP contribution >= 0.6 is 0 Å². The Morgan fingerprint density at radius 1 is 1.33 bits per heavy atom. The number of benzene rings is 1.